The fourth-order valence-corrected chi connectivity index (χ4v) is 4.37. The normalized spacial score (nSPS) is 11.7. The molecule has 3 rings (SSSR count). The van der Waals surface area contributed by atoms with Gasteiger partial charge in [-0.3, -0.25) is 4.79 Å². The van der Waals surface area contributed by atoms with Gasteiger partial charge in [0.15, 0.2) is 0 Å². The highest BCUT2D eigenvalue weighted by atomic mass is 32.2. The van der Waals surface area contributed by atoms with E-state index in [1.165, 1.54) is 19.2 Å². The molecule has 0 bridgehead atoms. The third-order valence-corrected chi connectivity index (χ3v) is 6.63. The molecular weight excluding hydrogens is 511 g/mol. The zero-order valence-corrected chi connectivity index (χ0v) is 21.0. The van der Waals surface area contributed by atoms with E-state index in [1.807, 2.05) is 12.1 Å². The zero-order chi connectivity index (χ0) is 27.1. The topological polar surface area (TPSA) is 82.1 Å². The molecule has 0 heterocycles. The van der Waals surface area contributed by atoms with E-state index in [1.54, 1.807) is 36.3 Å². The number of hydrogen-bond acceptors (Lipinski definition) is 6. The number of halogens is 3. The predicted molar refractivity (Wildman–Crippen MR) is 130 cm³/mol. The quantitative estimate of drug-likeness (QED) is 0.330. The molecule has 0 saturated carbocycles. The van der Waals surface area contributed by atoms with Crippen molar-refractivity contribution in [1.29, 1.82) is 0 Å². The van der Waals surface area contributed by atoms with Gasteiger partial charge >= 0.3 is 16.3 Å². The summed E-state index contributed by atoms with van der Waals surface area (Å²) in [5.41, 5.74) is 0.419. The predicted octanol–water partition coefficient (Wildman–Crippen LogP) is 4.70. The molecule has 0 unspecified atom stereocenters. The van der Waals surface area contributed by atoms with Crippen LogP contribution >= 0.6 is 0 Å². The van der Waals surface area contributed by atoms with E-state index < -0.39 is 26.8 Å². The standard InChI is InChI=1S/C26H26F3NO6S/c1-34-15-14-30(25(31)16-19-6-10-22(35-2)11-7-19)18-20-8-12-23(13-9-20)36-37(32,33)24-5-3-4-21(17-24)26(27,28)29/h3-13,17H,14-16,18H2,1-2H3. The van der Waals surface area contributed by atoms with Crippen molar-refractivity contribution in [2.75, 3.05) is 27.4 Å². The Morgan fingerprint density at radius 2 is 1.51 bits per heavy atom. The van der Waals surface area contributed by atoms with Gasteiger partial charge in [-0.15, -0.1) is 0 Å². The summed E-state index contributed by atoms with van der Waals surface area (Å²) in [5.74, 6) is 0.480. The first-order valence-corrected chi connectivity index (χ1v) is 12.5. The Hall–Kier alpha value is -3.57. The summed E-state index contributed by atoms with van der Waals surface area (Å²) in [6.07, 6.45) is -4.52. The van der Waals surface area contributed by atoms with Crippen molar-refractivity contribution in [3.05, 3.63) is 89.5 Å². The van der Waals surface area contributed by atoms with Crippen LogP contribution in [0.15, 0.2) is 77.7 Å². The summed E-state index contributed by atoms with van der Waals surface area (Å²) < 4.78 is 79.1. The fraction of sp³-hybridized carbons (Fsp3) is 0.269. The molecule has 0 aromatic heterocycles. The van der Waals surface area contributed by atoms with Crippen molar-refractivity contribution in [3.8, 4) is 11.5 Å². The van der Waals surface area contributed by atoms with Crippen molar-refractivity contribution in [1.82, 2.24) is 4.90 Å². The van der Waals surface area contributed by atoms with Crippen LogP contribution in [0.25, 0.3) is 0 Å². The maximum atomic E-state index is 12.9. The number of benzene rings is 3. The molecule has 0 aliphatic rings. The van der Waals surface area contributed by atoms with Crippen LogP contribution in [0.4, 0.5) is 13.2 Å². The van der Waals surface area contributed by atoms with Crippen molar-refractivity contribution in [2.24, 2.45) is 0 Å². The van der Waals surface area contributed by atoms with Gasteiger partial charge in [0, 0.05) is 20.2 Å². The minimum Gasteiger partial charge on any atom is -0.497 e. The Morgan fingerprint density at radius 1 is 0.892 bits per heavy atom. The maximum absolute atomic E-state index is 12.9. The molecule has 1 amide bonds. The lowest BCUT2D eigenvalue weighted by molar-refractivity contribution is -0.137. The summed E-state index contributed by atoms with van der Waals surface area (Å²) >= 11 is 0. The average Bonchev–Trinajstić information content (AvgIpc) is 2.87. The monoisotopic (exact) mass is 537 g/mol. The Bertz CT molecular complexity index is 1290. The Morgan fingerprint density at radius 3 is 2.11 bits per heavy atom. The smallest absolute Gasteiger partial charge is 0.416 e. The molecule has 0 aliphatic carbocycles. The molecule has 0 fully saturated rings. The maximum Gasteiger partial charge on any atom is 0.416 e. The molecule has 37 heavy (non-hydrogen) atoms. The van der Waals surface area contributed by atoms with E-state index in [4.69, 9.17) is 13.7 Å². The number of alkyl halides is 3. The molecule has 3 aromatic rings. The molecule has 0 spiro atoms. The van der Waals surface area contributed by atoms with Gasteiger partial charge < -0.3 is 18.6 Å². The average molecular weight is 538 g/mol. The second-order valence-corrected chi connectivity index (χ2v) is 9.59. The molecule has 3 aromatic carbocycles. The molecular formula is C26H26F3NO6S. The number of carbonyl (C=O) groups excluding carboxylic acids is 1. The molecule has 0 saturated heterocycles. The Balaban J connectivity index is 1.69. The third kappa shape index (κ3) is 7.96. The van der Waals surface area contributed by atoms with Crippen molar-refractivity contribution < 1.29 is 40.0 Å². The number of methoxy groups -OCH3 is 2. The van der Waals surface area contributed by atoms with Crippen LogP contribution in [-0.2, 0) is 38.8 Å². The van der Waals surface area contributed by atoms with Crippen LogP contribution in [0, 0.1) is 0 Å². The van der Waals surface area contributed by atoms with Crippen LogP contribution in [0.1, 0.15) is 16.7 Å². The van der Waals surface area contributed by atoms with Gasteiger partial charge in [0.2, 0.25) is 5.91 Å². The largest absolute Gasteiger partial charge is 0.497 e. The number of ether oxygens (including phenoxy) is 2. The molecule has 198 valence electrons. The van der Waals surface area contributed by atoms with Crippen molar-refractivity contribution >= 4 is 16.0 Å². The van der Waals surface area contributed by atoms with Gasteiger partial charge in [-0.05, 0) is 53.6 Å². The van der Waals surface area contributed by atoms with Gasteiger partial charge in [-0.1, -0.05) is 30.3 Å². The Labute approximate surface area is 213 Å². The molecule has 0 radical (unpaired) electrons. The molecule has 7 nitrogen and oxygen atoms in total. The van der Waals surface area contributed by atoms with E-state index in [-0.39, 0.29) is 24.6 Å². The van der Waals surface area contributed by atoms with Crippen LogP contribution in [0.3, 0.4) is 0 Å². The van der Waals surface area contributed by atoms with E-state index >= 15 is 0 Å². The first kappa shape index (κ1) is 28.0. The van der Waals surface area contributed by atoms with E-state index in [2.05, 4.69) is 0 Å². The highest BCUT2D eigenvalue weighted by Gasteiger charge is 2.32. The van der Waals surface area contributed by atoms with Crippen molar-refractivity contribution in [3.63, 3.8) is 0 Å². The van der Waals surface area contributed by atoms with Gasteiger partial charge in [0.1, 0.15) is 16.4 Å². The van der Waals surface area contributed by atoms with E-state index in [9.17, 15) is 26.4 Å². The summed E-state index contributed by atoms with van der Waals surface area (Å²) in [6.45, 7) is 0.900. The highest BCUT2D eigenvalue weighted by Crippen LogP contribution is 2.31. The number of nitrogens with zero attached hydrogens (tertiary/aromatic N) is 1. The summed E-state index contributed by atoms with van der Waals surface area (Å²) in [4.78, 5) is 13.9. The fourth-order valence-electron chi connectivity index (χ4n) is 3.40. The second-order valence-electron chi connectivity index (χ2n) is 8.04. The molecule has 0 atom stereocenters. The number of hydrogen-bond donors (Lipinski definition) is 0. The number of carbonyl (C=O) groups is 1. The number of amides is 1. The Kier molecular flexibility index (Phi) is 9.17. The van der Waals surface area contributed by atoms with Crippen molar-refractivity contribution in [2.45, 2.75) is 24.0 Å². The third-order valence-electron chi connectivity index (χ3n) is 5.39. The zero-order valence-electron chi connectivity index (χ0n) is 20.2. The lowest BCUT2D eigenvalue weighted by atomic mass is 10.1. The van der Waals surface area contributed by atoms with Crippen LogP contribution in [0.5, 0.6) is 11.5 Å². The lowest BCUT2D eigenvalue weighted by Crippen LogP contribution is -2.34. The van der Waals surface area contributed by atoms with Gasteiger partial charge in [0.25, 0.3) is 0 Å². The molecule has 11 heteroatoms. The van der Waals surface area contributed by atoms with Gasteiger partial charge in [-0.2, -0.15) is 21.6 Å². The lowest BCUT2D eigenvalue weighted by Gasteiger charge is -2.23. The SMILES string of the molecule is COCCN(Cc1ccc(OS(=O)(=O)c2cccc(C(F)(F)F)c2)cc1)C(=O)Cc1ccc(OC)cc1. The first-order valence-electron chi connectivity index (χ1n) is 11.1. The summed E-state index contributed by atoms with van der Waals surface area (Å²) in [7, 11) is -1.40. The first-order chi connectivity index (χ1) is 17.5. The van der Waals surface area contributed by atoms with E-state index in [0.717, 1.165) is 23.8 Å². The molecule has 0 aliphatic heterocycles. The molecule has 0 N–H and O–H groups in total. The van der Waals surface area contributed by atoms with Crippen LogP contribution < -0.4 is 8.92 Å². The highest BCUT2D eigenvalue weighted by molar-refractivity contribution is 7.87. The second kappa shape index (κ2) is 12.1. The minimum atomic E-state index is -4.69. The van der Waals surface area contributed by atoms with Crippen LogP contribution in [-0.4, -0.2) is 46.6 Å². The number of rotatable bonds is 11. The minimum absolute atomic E-state index is 0.0748. The van der Waals surface area contributed by atoms with E-state index in [0.29, 0.717) is 30.5 Å². The summed E-state index contributed by atoms with van der Waals surface area (Å²) in [5, 5.41) is 0. The van der Waals surface area contributed by atoms with Gasteiger partial charge in [0.05, 0.1) is 25.7 Å². The van der Waals surface area contributed by atoms with Gasteiger partial charge in [-0.25, -0.2) is 0 Å². The summed E-state index contributed by atoms with van der Waals surface area (Å²) in [6, 6.07) is 16.4. The van der Waals surface area contributed by atoms with Crippen LogP contribution in [0.2, 0.25) is 0 Å².